The average molecular weight is 245 g/mol. The van der Waals surface area contributed by atoms with Crippen LogP contribution >= 0.6 is 0 Å². The molecule has 1 aromatic carbocycles. The fourth-order valence-electron chi connectivity index (χ4n) is 1.58. The largest absolute Gasteiger partial charge is 0.405 e. The maximum absolute atomic E-state index is 12.2. The van der Waals surface area contributed by atoms with Crippen LogP contribution in [0.15, 0.2) is 24.3 Å². The fraction of sp³-hybridized carbons (Fsp3) is 0.538. The Hall–Kier alpha value is -1.19. The van der Waals surface area contributed by atoms with E-state index in [0.29, 0.717) is 5.69 Å². The highest BCUT2D eigenvalue weighted by Crippen LogP contribution is 2.26. The molecule has 0 aliphatic heterocycles. The van der Waals surface area contributed by atoms with Crippen molar-refractivity contribution in [2.24, 2.45) is 0 Å². The molecule has 0 radical (unpaired) electrons. The molecule has 0 aromatic heterocycles. The van der Waals surface area contributed by atoms with Crippen LogP contribution in [0.4, 0.5) is 18.9 Å². The molecule has 0 fully saturated rings. The van der Waals surface area contributed by atoms with Crippen molar-refractivity contribution < 1.29 is 13.2 Å². The number of nitrogens with zero attached hydrogens (tertiary/aromatic N) is 1. The first-order chi connectivity index (χ1) is 7.59. The Morgan fingerprint density at radius 1 is 1.00 bits per heavy atom. The second-order valence-corrected chi connectivity index (χ2v) is 5.27. The average Bonchev–Trinajstić information content (AvgIpc) is 2.14. The van der Waals surface area contributed by atoms with Crippen molar-refractivity contribution in [3.05, 3.63) is 29.8 Å². The van der Waals surface area contributed by atoms with Crippen LogP contribution in [0.25, 0.3) is 0 Å². The van der Waals surface area contributed by atoms with Crippen molar-refractivity contribution in [2.75, 3.05) is 18.5 Å². The van der Waals surface area contributed by atoms with E-state index in [1.807, 2.05) is 12.1 Å². The molecule has 4 heteroatoms. The van der Waals surface area contributed by atoms with E-state index in [2.05, 4.69) is 20.8 Å². The number of rotatable bonds is 2. The molecule has 0 bridgehead atoms. The Balaban J connectivity index is 2.81. The second kappa shape index (κ2) is 4.59. The van der Waals surface area contributed by atoms with E-state index in [9.17, 15) is 13.2 Å². The molecule has 96 valence electrons. The number of halogens is 3. The van der Waals surface area contributed by atoms with Gasteiger partial charge in [-0.2, -0.15) is 13.2 Å². The van der Waals surface area contributed by atoms with Gasteiger partial charge < -0.3 is 4.90 Å². The van der Waals surface area contributed by atoms with E-state index in [-0.39, 0.29) is 5.41 Å². The summed E-state index contributed by atoms with van der Waals surface area (Å²) < 4.78 is 36.7. The molecule has 0 amide bonds. The van der Waals surface area contributed by atoms with Gasteiger partial charge in [-0.05, 0) is 23.1 Å². The summed E-state index contributed by atoms with van der Waals surface area (Å²) in [5.41, 5.74) is 1.71. The molecule has 0 spiro atoms. The Kier molecular flexibility index (Phi) is 3.74. The molecule has 0 N–H and O–H groups in total. The second-order valence-electron chi connectivity index (χ2n) is 5.27. The van der Waals surface area contributed by atoms with Gasteiger partial charge in [-0.25, -0.2) is 0 Å². The normalized spacial score (nSPS) is 12.6. The van der Waals surface area contributed by atoms with Crippen LogP contribution in [0.2, 0.25) is 0 Å². The monoisotopic (exact) mass is 245 g/mol. The molecule has 0 saturated carbocycles. The van der Waals surface area contributed by atoms with E-state index in [1.165, 1.54) is 11.9 Å². The summed E-state index contributed by atoms with van der Waals surface area (Å²) >= 11 is 0. The van der Waals surface area contributed by atoms with Crippen molar-refractivity contribution in [1.29, 1.82) is 0 Å². The number of hydrogen-bond donors (Lipinski definition) is 0. The van der Waals surface area contributed by atoms with Gasteiger partial charge in [-0.15, -0.1) is 0 Å². The zero-order chi connectivity index (χ0) is 13.3. The van der Waals surface area contributed by atoms with Crippen LogP contribution < -0.4 is 4.90 Å². The highest BCUT2D eigenvalue weighted by atomic mass is 19.4. The molecule has 17 heavy (non-hydrogen) atoms. The van der Waals surface area contributed by atoms with Crippen LogP contribution in [0, 0.1) is 0 Å². The first-order valence-corrected chi connectivity index (χ1v) is 5.48. The van der Waals surface area contributed by atoms with Gasteiger partial charge in [-0.1, -0.05) is 32.9 Å². The van der Waals surface area contributed by atoms with Crippen LogP contribution in [0.1, 0.15) is 26.3 Å². The Morgan fingerprint density at radius 2 is 1.47 bits per heavy atom. The zero-order valence-corrected chi connectivity index (χ0v) is 10.6. The molecule has 0 unspecified atom stereocenters. The first-order valence-electron chi connectivity index (χ1n) is 5.48. The Morgan fingerprint density at radius 3 is 1.82 bits per heavy atom. The maximum Gasteiger partial charge on any atom is 0.405 e. The minimum atomic E-state index is -4.17. The summed E-state index contributed by atoms with van der Waals surface area (Å²) in [6.45, 7) is 5.28. The van der Waals surface area contributed by atoms with Gasteiger partial charge in [0, 0.05) is 12.7 Å². The number of anilines is 1. The third kappa shape index (κ3) is 4.29. The minimum Gasteiger partial charge on any atom is -0.366 e. The van der Waals surface area contributed by atoms with Gasteiger partial charge in [0.1, 0.15) is 6.54 Å². The van der Waals surface area contributed by atoms with E-state index in [0.717, 1.165) is 5.56 Å². The lowest BCUT2D eigenvalue weighted by molar-refractivity contribution is -0.119. The van der Waals surface area contributed by atoms with Crippen LogP contribution in [-0.4, -0.2) is 19.8 Å². The molecule has 0 saturated heterocycles. The maximum atomic E-state index is 12.2. The molecule has 1 rings (SSSR count). The van der Waals surface area contributed by atoms with E-state index in [1.54, 1.807) is 12.1 Å². The minimum absolute atomic E-state index is 0.0150. The number of benzene rings is 1. The predicted molar refractivity (Wildman–Crippen MR) is 64.5 cm³/mol. The Labute approximate surface area is 100 Å². The van der Waals surface area contributed by atoms with Gasteiger partial charge in [0.25, 0.3) is 0 Å². The lowest BCUT2D eigenvalue weighted by Gasteiger charge is -2.23. The highest BCUT2D eigenvalue weighted by molar-refractivity contribution is 5.48. The molecular formula is C13H18F3N. The lowest BCUT2D eigenvalue weighted by atomic mass is 9.87. The Bertz CT molecular complexity index is 360. The number of alkyl halides is 3. The predicted octanol–water partition coefficient (Wildman–Crippen LogP) is 3.98. The van der Waals surface area contributed by atoms with Gasteiger partial charge in [0.15, 0.2) is 0 Å². The fourth-order valence-corrected chi connectivity index (χ4v) is 1.58. The molecule has 1 aromatic rings. The summed E-state index contributed by atoms with van der Waals surface area (Å²) in [5, 5.41) is 0. The van der Waals surface area contributed by atoms with Crippen LogP contribution in [0.5, 0.6) is 0 Å². The topological polar surface area (TPSA) is 3.24 Å². The molecule has 1 nitrogen and oxygen atoms in total. The summed E-state index contributed by atoms with van der Waals surface area (Å²) in [5.74, 6) is 0. The SMILES string of the molecule is CN(CC(F)(F)F)c1ccc(C(C)(C)C)cc1. The van der Waals surface area contributed by atoms with Gasteiger partial charge >= 0.3 is 6.18 Å². The summed E-state index contributed by atoms with van der Waals surface area (Å²) in [7, 11) is 1.44. The van der Waals surface area contributed by atoms with E-state index in [4.69, 9.17) is 0 Å². The lowest BCUT2D eigenvalue weighted by Crippen LogP contribution is -2.30. The van der Waals surface area contributed by atoms with Crippen molar-refractivity contribution in [3.63, 3.8) is 0 Å². The van der Waals surface area contributed by atoms with E-state index >= 15 is 0 Å². The van der Waals surface area contributed by atoms with Crippen molar-refractivity contribution in [3.8, 4) is 0 Å². The first kappa shape index (κ1) is 13.9. The molecular weight excluding hydrogens is 227 g/mol. The van der Waals surface area contributed by atoms with E-state index < -0.39 is 12.7 Å². The smallest absolute Gasteiger partial charge is 0.366 e. The quantitative estimate of drug-likeness (QED) is 0.761. The van der Waals surface area contributed by atoms with Crippen molar-refractivity contribution in [1.82, 2.24) is 0 Å². The summed E-state index contributed by atoms with van der Waals surface area (Å²) in [4.78, 5) is 1.20. The summed E-state index contributed by atoms with van der Waals surface area (Å²) in [6.07, 6.45) is -4.17. The third-order valence-electron chi connectivity index (χ3n) is 2.59. The van der Waals surface area contributed by atoms with Crippen molar-refractivity contribution >= 4 is 5.69 Å². The third-order valence-corrected chi connectivity index (χ3v) is 2.59. The molecule has 0 atom stereocenters. The standard InChI is InChI=1S/C13H18F3N/c1-12(2,3)10-5-7-11(8-6-10)17(4)9-13(14,15)16/h5-8H,9H2,1-4H3. The highest BCUT2D eigenvalue weighted by Gasteiger charge is 2.29. The molecule has 0 aliphatic rings. The zero-order valence-electron chi connectivity index (χ0n) is 10.6. The van der Waals surface area contributed by atoms with Gasteiger partial charge in [-0.3, -0.25) is 0 Å². The summed E-state index contributed by atoms with van der Waals surface area (Å²) in [6, 6.07) is 7.21. The van der Waals surface area contributed by atoms with Crippen molar-refractivity contribution in [2.45, 2.75) is 32.4 Å². The van der Waals surface area contributed by atoms with Gasteiger partial charge in [0.05, 0.1) is 0 Å². The molecule has 0 aliphatic carbocycles. The number of hydrogen-bond acceptors (Lipinski definition) is 1. The van der Waals surface area contributed by atoms with Gasteiger partial charge in [0.2, 0.25) is 0 Å². The van der Waals surface area contributed by atoms with Crippen LogP contribution in [-0.2, 0) is 5.41 Å². The van der Waals surface area contributed by atoms with Crippen LogP contribution in [0.3, 0.4) is 0 Å². The molecule has 0 heterocycles.